The summed E-state index contributed by atoms with van der Waals surface area (Å²) >= 11 is 0. The lowest BCUT2D eigenvalue weighted by Crippen LogP contribution is -2.17. The van der Waals surface area contributed by atoms with Crippen molar-refractivity contribution in [1.82, 2.24) is 20.2 Å². The van der Waals surface area contributed by atoms with Gasteiger partial charge in [-0.2, -0.15) is 0 Å². The van der Waals surface area contributed by atoms with E-state index in [2.05, 4.69) is 30.8 Å². The average molecular weight is 338 g/mol. The molecule has 128 valence electrons. The zero-order valence-electron chi connectivity index (χ0n) is 14.0. The first-order valence-electron chi connectivity index (χ1n) is 7.83. The number of aryl methyl sites for hydroxylation is 2. The van der Waals surface area contributed by atoms with Crippen molar-refractivity contribution in [3.8, 4) is 11.5 Å². The van der Waals surface area contributed by atoms with Crippen LogP contribution in [-0.2, 0) is 4.79 Å². The maximum atomic E-state index is 12.1. The zero-order chi connectivity index (χ0) is 17.6. The molecule has 0 bridgehead atoms. The van der Waals surface area contributed by atoms with Crippen LogP contribution in [0, 0.1) is 13.8 Å². The first-order valence-corrected chi connectivity index (χ1v) is 7.83. The van der Waals surface area contributed by atoms with E-state index in [1.165, 1.54) is 6.39 Å². The van der Waals surface area contributed by atoms with E-state index in [1.807, 2.05) is 32.0 Å². The molecule has 0 unspecified atom stereocenters. The van der Waals surface area contributed by atoms with Crippen LogP contribution in [0.5, 0.6) is 0 Å². The molecular formula is C17H18N6O2. The summed E-state index contributed by atoms with van der Waals surface area (Å²) in [4.78, 5) is 20.6. The summed E-state index contributed by atoms with van der Waals surface area (Å²) in [6, 6.07) is 9.14. The van der Waals surface area contributed by atoms with E-state index in [1.54, 1.807) is 12.1 Å². The number of carbonyl (C=O) groups is 1. The van der Waals surface area contributed by atoms with Gasteiger partial charge in [-0.05, 0) is 38.1 Å². The number of amides is 1. The molecule has 0 saturated carbocycles. The van der Waals surface area contributed by atoms with Crippen LogP contribution in [0.1, 0.15) is 17.8 Å². The van der Waals surface area contributed by atoms with Crippen LogP contribution in [0.3, 0.4) is 0 Å². The number of hydrogen-bond acceptors (Lipinski definition) is 7. The van der Waals surface area contributed by atoms with E-state index in [0.717, 1.165) is 17.0 Å². The van der Waals surface area contributed by atoms with Gasteiger partial charge in [-0.1, -0.05) is 6.07 Å². The Balaban J connectivity index is 1.53. The molecule has 8 heteroatoms. The van der Waals surface area contributed by atoms with Gasteiger partial charge in [0.1, 0.15) is 0 Å². The van der Waals surface area contributed by atoms with Crippen LogP contribution < -0.4 is 10.6 Å². The Hall–Kier alpha value is -3.29. The molecule has 0 fully saturated rings. The van der Waals surface area contributed by atoms with Crippen molar-refractivity contribution in [3.05, 3.63) is 48.1 Å². The first-order chi connectivity index (χ1) is 12.1. The molecule has 25 heavy (non-hydrogen) atoms. The van der Waals surface area contributed by atoms with Crippen molar-refractivity contribution in [3.63, 3.8) is 0 Å². The van der Waals surface area contributed by atoms with E-state index in [0.29, 0.717) is 30.5 Å². The molecule has 0 aliphatic rings. The molecule has 1 aromatic carbocycles. The number of benzene rings is 1. The highest BCUT2D eigenvalue weighted by Crippen LogP contribution is 2.20. The van der Waals surface area contributed by atoms with Gasteiger partial charge in [0, 0.05) is 35.6 Å². The van der Waals surface area contributed by atoms with E-state index in [4.69, 9.17) is 4.42 Å². The van der Waals surface area contributed by atoms with Crippen LogP contribution in [-0.4, -0.2) is 32.6 Å². The summed E-state index contributed by atoms with van der Waals surface area (Å²) in [6.07, 6.45) is 1.56. The van der Waals surface area contributed by atoms with Crippen LogP contribution in [0.25, 0.3) is 11.5 Å². The molecule has 0 saturated heterocycles. The van der Waals surface area contributed by atoms with Gasteiger partial charge in [-0.25, -0.2) is 9.97 Å². The number of aromatic nitrogens is 4. The molecule has 0 spiro atoms. The fourth-order valence-electron chi connectivity index (χ4n) is 2.35. The molecule has 2 heterocycles. The topological polar surface area (TPSA) is 106 Å². The second kappa shape index (κ2) is 7.52. The molecule has 0 aliphatic carbocycles. The number of nitrogens with one attached hydrogen (secondary N) is 2. The SMILES string of the molecule is Cc1cc(C)nc(NCCC(=O)Nc2cccc(-c3nnco3)c2)n1. The Labute approximate surface area is 144 Å². The van der Waals surface area contributed by atoms with Gasteiger partial charge in [0.25, 0.3) is 0 Å². The van der Waals surface area contributed by atoms with Crippen molar-refractivity contribution in [2.24, 2.45) is 0 Å². The molecule has 0 radical (unpaired) electrons. The van der Waals surface area contributed by atoms with E-state index in [9.17, 15) is 4.79 Å². The molecule has 3 rings (SSSR count). The van der Waals surface area contributed by atoms with Crippen molar-refractivity contribution in [2.45, 2.75) is 20.3 Å². The van der Waals surface area contributed by atoms with Crippen molar-refractivity contribution in [2.75, 3.05) is 17.2 Å². The third-order valence-electron chi connectivity index (χ3n) is 3.37. The van der Waals surface area contributed by atoms with Crippen molar-refractivity contribution in [1.29, 1.82) is 0 Å². The maximum absolute atomic E-state index is 12.1. The zero-order valence-corrected chi connectivity index (χ0v) is 14.0. The maximum Gasteiger partial charge on any atom is 0.247 e. The van der Waals surface area contributed by atoms with Crippen LogP contribution in [0.15, 0.2) is 41.1 Å². The lowest BCUT2D eigenvalue weighted by atomic mass is 10.2. The van der Waals surface area contributed by atoms with E-state index < -0.39 is 0 Å². The summed E-state index contributed by atoms with van der Waals surface area (Å²) < 4.78 is 5.15. The third kappa shape index (κ3) is 4.60. The first kappa shape index (κ1) is 16.6. The number of carbonyl (C=O) groups excluding carboxylic acids is 1. The smallest absolute Gasteiger partial charge is 0.247 e. The molecule has 1 amide bonds. The molecule has 2 aromatic heterocycles. The highest BCUT2D eigenvalue weighted by Gasteiger charge is 2.07. The molecule has 8 nitrogen and oxygen atoms in total. The Kier molecular flexibility index (Phi) is 4.98. The molecule has 2 N–H and O–H groups in total. The van der Waals surface area contributed by atoms with Crippen molar-refractivity contribution >= 4 is 17.5 Å². The van der Waals surface area contributed by atoms with Crippen LogP contribution >= 0.6 is 0 Å². The Morgan fingerprint density at radius 1 is 1.16 bits per heavy atom. The standard InChI is InChI=1S/C17H18N6O2/c1-11-8-12(2)21-17(20-11)18-7-6-15(24)22-14-5-3-4-13(9-14)16-23-19-10-25-16/h3-5,8-10H,6-7H2,1-2H3,(H,22,24)(H,18,20,21). The fraction of sp³-hybridized carbons (Fsp3) is 0.235. The van der Waals surface area contributed by atoms with Crippen LogP contribution in [0.2, 0.25) is 0 Å². The van der Waals surface area contributed by atoms with Gasteiger partial charge >= 0.3 is 0 Å². The summed E-state index contributed by atoms with van der Waals surface area (Å²) in [5.74, 6) is 0.827. The number of anilines is 2. The van der Waals surface area contributed by atoms with Crippen LogP contribution in [0.4, 0.5) is 11.6 Å². The van der Waals surface area contributed by atoms with Gasteiger partial charge in [-0.15, -0.1) is 10.2 Å². The Bertz CT molecular complexity index is 843. The molecule has 0 atom stereocenters. The average Bonchev–Trinajstić information content (AvgIpc) is 3.08. The van der Waals surface area contributed by atoms with Gasteiger partial charge < -0.3 is 15.1 Å². The number of rotatable bonds is 6. The summed E-state index contributed by atoms with van der Waals surface area (Å²) in [5.41, 5.74) is 3.19. The summed E-state index contributed by atoms with van der Waals surface area (Å²) in [7, 11) is 0. The van der Waals surface area contributed by atoms with E-state index in [-0.39, 0.29) is 5.91 Å². The number of nitrogens with zero attached hydrogens (tertiary/aromatic N) is 4. The van der Waals surface area contributed by atoms with E-state index >= 15 is 0 Å². The predicted octanol–water partition coefficient (Wildman–Crippen LogP) is 2.58. The molecule has 0 aliphatic heterocycles. The highest BCUT2D eigenvalue weighted by atomic mass is 16.4. The summed E-state index contributed by atoms with van der Waals surface area (Å²) in [6.45, 7) is 4.25. The van der Waals surface area contributed by atoms with Gasteiger partial charge in [0.15, 0.2) is 0 Å². The summed E-state index contributed by atoms with van der Waals surface area (Å²) in [5, 5.41) is 13.4. The van der Waals surface area contributed by atoms with Crippen molar-refractivity contribution < 1.29 is 9.21 Å². The normalized spacial score (nSPS) is 10.5. The third-order valence-corrected chi connectivity index (χ3v) is 3.37. The monoisotopic (exact) mass is 338 g/mol. The minimum atomic E-state index is -0.112. The molecule has 3 aromatic rings. The number of hydrogen-bond donors (Lipinski definition) is 2. The second-order valence-corrected chi connectivity index (χ2v) is 5.52. The predicted molar refractivity (Wildman–Crippen MR) is 93.0 cm³/mol. The lowest BCUT2D eigenvalue weighted by Gasteiger charge is -2.08. The van der Waals surface area contributed by atoms with Gasteiger partial charge in [-0.3, -0.25) is 4.79 Å². The quantitative estimate of drug-likeness (QED) is 0.711. The van der Waals surface area contributed by atoms with Gasteiger partial charge in [0.2, 0.25) is 24.1 Å². The van der Waals surface area contributed by atoms with Gasteiger partial charge in [0.05, 0.1) is 0 Å². The minimum absolute atomic E-state index is 0.112. The second-order valence-electron chi connectivity index (χ2n) is 5.52. The molecular weight excluding hydrogens is 320 g/mol. The lowest BCUT2D eigenvalue weighted by molar-refractivity contribution is -0.115. The largest absolute Gasteiger partial charge is 0.423 e. The highest BCUT2D eigenvalue weighted by molar-refractivity contribution is 5.91. The minimum Gasteiger partial charge on any atom is -0.423 e. The Morgan fingerprint density at radius 3 is 2.68 bits per heavy atom. The Morgan fingerprint density at radius 2 is 1.96 bits per heavy atom. The fourth-order valence-corrected chi connectivity index (χ4v) is 2.35.